The first-order chi connectivity index (χ1) is 27.9. The quantitative estimate of drug-likeness (QED) is 0.122. The summed E-state index contributed by atoms with van der Waals surface area (Å²) in [5.41, 5.74) is -32.0. The van der Waals surface area contributed by atoms with Crippen LogP contribution in [-0.2, 0) is 43.2 Å². The molecular formula is C40H23BF21-. The van der Waals surface area contributed by atoms with E-state index in [-0.39, 0.29) is 24.3 Å². The molecule has 0 aliphatic carbocycles. The summed E-state index contributed by atoms with van der Waals surface area (Å²) in [6.07, 6.45) is -47.3. The number of hydrogen-bond donors (Lipinski definition) is 0. The van der Waals surface area contributed by atoms with E-state index in [2.05, 4.69) is 26.3 Å². The average molecular weight is 913 g/mol. The van der Waals surface area contributed by atoms with Crippen molar-refractivity contribution >= 4 is 52.3 Å². The van der Waals surface area contributed by atoms with E-state index in [0.29, 0.717) is 19.1 Å². The molecule has 0 fully saturated rings. The third-order valence-electron chi connectivity index (χ3n) is 9.97. The van der Waals surface area contributed by atoms with Crippen LogP contribution in [0.5, 0.6) is 0 Å². The molecule has 62 heavy (non-hydrogen) atoms. The number of rotatable bonds is 8. The highest BCUT2D eigenvalue weighted by Gasteiger charge is 2.49. The van der Waals surface area contributed by atoms with Crippen molar-refractivity contribution < 1.29 is 92.2 Å². The molecule has 0 saturated carbocycles. The van der Waals surface area contributed by atoms with Gasteiger partial charge in [0, 0.05) is 0 Å². The molecule has 0 saturated heterocycles. The molecule has 0 heterocycles. The van der Waals surface area contributed by atoms with Gasteiger partial charge in [-0.1, -0.05) is 99.2 Å². The molecule has 4 rings (SSSR count). The SMILES string of the molecule is C=Cc1c(C)cc([B-](c2cc(C(F)(F)F)c(C=C)c(C(F)(F)F)c2)(c2cc(C(F)(F)F)c(C=C)c(C(F)(F)F)c2)c2cc(C(F)(F)F)c(C=C)c(C(F)(F)F)c2)cc1C(F)(F)F. The maximum Gasteiger partial charge on any atom is 0.416 e. The first-order valence-electron chi connectivity index (χ1n) is 16.8. The van der Waals surface area contributed by atoms with E-state index in [0.717, 1.165) is 0 Å². The third kappa shape index (κ3) is 8.86. The highest BCUT2D eigenvalue weighted by atomic mass is 19.4. The van der Waals surface area contributed by atoms with Gasteiger partial charge in [0.05, 0.1) is 38.9 Å². The maximum absolute atomic E-state index is 14.9. The van der Waals surface area contributed by atoms with Gasteiger partial charge in [-0.3, -0.25) is 0 Å². The van der Waals surface area contributed by atoms with Crippen molar-refractivity contribution in [1.82, 2.24) is 0 Å². The molecule has 0 nitrogen and oxygen atoms in total. The Morgan fingerprint density at radius 2 is 0.468 bits per heavy atom. The van der Waals surface area contributed by atoms with Gasteiger partial charge in [0.15, 0.2) is 0 Å². The fourth-order valence-corrected chi connectivity index (χ4v) is 7.58. The summed E-state index contributed by atoms with van der Waals surface area (Å²) in [5, 5.41) is 0. The predicted octanol–water partition coefficient (Wildman–Crippen LogP) is 13.1. The molecule has 0 N–H and O–H groups in total. The molecule has 4 aromatic rings. The van der Waals surface area contributed by atoms with Crippen LogP contribution >= 0.6 is 0 Å². The van der Waals surface area contributed by atoms with E-state index in [4.69, 9.17) is 0 Å². The van der Waals surface area contributed by atoms with Crippen molar-refractivity contribution in [1.29, 1.82) is 0 Å². The molecule has 0 aromatic heterocycles. The molecule has 0 amide bonds. The van der Waals surface area contributed by atoms with Crippen LogP contribution < -0.4 is 21.9 Å². The second kappa shape index (κ2) is 15.7. The second-order valence-corrected chi connectivity index (χ2v) is 13.6. The molecular weight excluding hydrogens is 890 g/mol. The summed E-state index contributed by atoms with van der Waals surface area (Å²) >= 11 is 0. The average Bonchev–Trinajstić information content (AvgIpc) is 3.11. The maximum atomic E-state index is 14.9. The lowest BCUT2D eigenvalue weighted by molar-refractivity contribution is -0.144. The molecule has 334 valence electrons. The number of benzene rings is 4. The lowest BCUT2D eigenvalue weighted by Crippen LogP contribution is -2.75. The third-order valence-corrected chi connectivity index (χ3v) is 9.97. The number of aryl methyl sites for hydroxylation is 1. The van der Waals surface area contributed by atoms with Gasteiger partial charge in [-0.05, 0) is 34.7 Å². The summed E-state index contributed by atoms with van der Waals surface area (Å²) in [7, 11) is 0. The smallest absolute Gasteiger partial charge is 0.194 e. The van der Waals surface area contributed by atoms with Crippen molar-refractivity contribution in [2.75, 3.05) is 0 Å². The molecule has 0 radical (unpaired) electrons. The van der Waals surface area contributed by atoms with Gasteiger partial charge in [0.2, 0.25) is 0 Å². The number of halogens is 21. The van der Waals surface area contributed by atoms with Crippen molar-refractivity contribution in [2.45, 2.75) is 50.2 Å². The minimum absolute atomic E-state index is 0.0698. The lowest BCUT2D eigenvalue weighted by atomic mass is 9.12. The number of alkyl halides is 21. The van der Waals surface area contributed by atoms with E-state index >= 15 is 0 Å². The zero-order valence-corrected chi connectivity index (χ0v) is 30.8. The molecule has 0 aliphatic heterocycles. The van der Waals surface area contributed by atoms with Crippen LogP contribution in [-0.4, -0.2) is 6.15 Å². The first kappa shape index (κ1) is 49.1. The molecule has 0 unspecified atom stereocenters. The van der Waals surface area contributed by atoms with Crippen LogP contribution in [0.4, 0.5) is 92.2 Å². The Kier molecular flexibility index (Phi) is 12.4. The monoisotopic (exact) mass is 913 g/mol. The van der Waals surface area contributed by atoms with Crippen molar-refractivity contribution in [3.63, 3.8) is 0 Å². The molecule has 0 spiro atoms. The van der Waals surface area contributed by atoms with E-state index in [9.17, 15) is 92.2 Å². The molecule has 4 aromatic carbocycles. The van der Waals surface area contributed by atoms with Crippen LogP contribution in [0.25, 0.3) is 24.3 Å². The zero-order chi connectivity index (χ0) is 47.7. The lowest BCUT2D eigenvalue weighted by Gasteiger charge is -2.47. The van der Waals surface area contributed by atoms with Crippen LogP contribution in [0, 0.1) is 6.92 Å². The van der Waals surface area contributed by atoms with Gasteiger partial charge >= 0.3 is 43.2 Å². The van der Waals surface area contributed by atoms with Gasteiger partial charge in [0.25, 0.3) is 0 Å². The predicted molar refractivity (Wildman–Crippen MR) is 190 cm³/mol. The largest absolute Gasteiger partial charge is 0.416 e. The minimum Gasteiger partial charge on any atom is -0.194 e. The van der Waals surface area contributed by atoms with Crippen molar-refractivity contribution in [3.8, 4) is 0 Å². The zero-order valence-electron chi connectivity index (χ0n) is 30.8. The highest BCUT2D eigenvalue weighted by molar-refractivity contribution is 7.20. The van der Waals surface area contributed by atoms with Gasteiger partial charge in [-0.25, -0.2) is 0 Å². The topological polar surface area (TPSA) is 0 Å². The minimum atomic E-state index is -6.07. The summed E-state index contributed by atoms with van der Waals surface area (Å²) in [6, 6.07) is -2.57. The molecule has 0 bridgehead atoms. The highest BCUT2D eigenvalue weighted by Crippen LogP contribution is 2.45. The molecule has 22 heteroatoms. The van der Waals surface area contributed by atoms with Crippen molar-refractivity contribution in [3.05, 3.63) is 142 Å². The Labute approximate surface area is 336 Å². The van der Waals surface area contributed by atoms with Gasteiger partial charge < -0.3 is 0 Å². The van der Waals surface area contributed by atoms with E-state index < -0.39 is 174 Å². The molecule has 0 aliphatic rings. The fourth-order valence-electron chi connectivity index (χ4n) is 7.58. The van der Waals surface area contributed by atoms with Gasteiger partial charge in [0.1, 0.15) is 6.15 Å². The summed E-state index contributed by atoms with van der Waals surface area (Å²) < 4.78 is 312. The second-order valence-electron chi connectivity index (χ2n) is 13.6. The Morgan fingerprint density at radius 3 is 0.629 bits per heavy atom. The Balaban J connectivity index is 2.75. The summed E-state index contributed by atoms with van der Waals surface area (Å²) in [6.45, 7) is 12.4. The van der Waals surface area contributed by atoms with E-state index in [1.165, 1.54) is 0 Å². The normalized spacial score (nSPS) is 13.6. The Morgan fingerprint density at radius 1 is 0.306 bits per heavy atom. The standard InChI is InChI=1S/C40H23BF21/c1-6-23-18(5)10-19(11-27(23)34(42,43)44)41(20-12-28(35(45,46)47)24(7-2)29(13-20)36(48,49)50,21-14-30(37(51,52)53)25(8-3)31(15-21)38(54,55)56)22-16-32(39(57,58)59)26(9-4)33(17-22)40(60,61)62/h6-17H,1-4H2,5H3/q-1. The van der Waals surface area contributed by atoms with Crippen LogP contribution in [0.2, 0.25) is 0 Å². The van der Waals surface area contributed by atoms with Crippen LogP contribution in [0.3, 0.4) is 0 Å². The van der Waals surface area contributed by atoms with Gasteiger partial charge in [-0.2, -0.15) is 114 Å². The van der Waals surface area contributed by atoms with Crippen LogP contribution in [0.1, 0.15) is 66.8 Å². The van der Waals surface area contributed by atoms with Crippen molar-refractivity contribution in [2.24, 2.45) is 0 Å². The Hall–Kier alpha value is -5.57. The molecule has 0 atom stereocenters. The first-order valence-corrected chi connectivity index (χ1v) is 16.8. The van der Waals surface area contributed by atoms with Crippen LogP contribution in [0.15, 0.2) is 74.8 Å². The number of hydrogen-bond acceptors (Lipinski definition) is 0. The fraction of sp³-hybridized carbons (Fsp3) is 0.200. The van der Waals surface area contributed by atoms with Gasteiger partial charge in [-0.15, -0.1) is 0 Å². The summed E-state index contributed by atoms with van der Waals surface area (Å²) in [4.78, 5) is 0. The summed E-state index contributed by atoms with van der Waals surface area (Å²) in [5.74, 6) is 0. The van der Waals surface area contributed by atoms with E-state index in [1.807, 2.05) is 0 Å². The van der Waals surface area contributed by atoms with E-state index in [1.54, 1.807) is 0 Å². The Bertz CT molecular complexity index is 2130.